The molecule has 0 radical (unpaired) electrons. The molecule has 1 aromatic rings. The second-order valence-corrected chi connectivity index (χ2v) is 4.71. The standard InChI is InChI=1S/C11H16N4O3/c1-7-5-14(6-8(2)13-7)11(16)10-3-9(4-12-10)15(17)18/h3-4,7-8,12-13H,5-6H2,1-2H3. The van der Waals surface area contributed by atoms with E-state index in [0.717, 1.165) is 0 Å². The first kappa shape index (κ1) is 12.6. The van der Waals surface area contributed by atoms with Crippen molar-refractivity contribution in [2.75, 3.05) is 13.1 Å². The summed E-state index contributed by atoms with van der Waals surface area (Å²) in [5.74, 6) is -0.191. The van der Waals surface area contributed by atoms with E-state index in [2.05, 4.69) is 10.3 Å². The molecule has 7 heteroatoms. The molecule has 0 aromatic carbocycles. The summed E-state index contributed by atoms with van der Waals surface area (Å²) in [5.41, 5.74) is 0.178. The summed E-state index contributed by atoms with van der Waals surface area (Å²) in [5, 5.41) is 13.9. The highest BCUT2D eigenvalue weighted by molar-refractivity contribution is 5.93. The van der Waals surface area contributed by atoms with E-state index < -0.39 is 4.92 Å². The molecule has 1 fully saturated rings. The van der Waals surface area contributed by atoms with E-state index in [0.29, 0.717) is 13.1 Å². The molecule has 1 amide bonds. The Morgan fingerprint density at radius 2 is 2.06 bits per heavy atom. The second-order valence-electron chi connectivity index (χ2n) is 4.71. The average molecular weight is 252 g/mol. The molecular formula is C11H16N4O3. The highest BCUT2D eigenvalue weighted by Gasteiger charge is 2.27. The molecule has 1 aliphatic heterocycles. The zero-order valence-corrected chi connectivity index (χ0v) is 10.3. The minimum Gasteiger partial charge on any atom is -0.351 e. The van der Waals surface area contributed by atoms with Gasteiger partial charge in [0.25, 0.3) is 11.6 Å². The van der Waals surface area contributed by atoms with E-state index in [-0.39, 0.29) is 29.4 Å². The summed E-state index contributed by atoms with van der Waals surface area (Å²) >= 11 is 0. The highest BCUT2D eigenvalue weighted by Crippen LogP contribution is 2.15. The number of carbonyl (C=O) groups excluding carboxylic acids is 1. The van der Waals surface area contributed by atoms with Crippen molar-refractivity contribution in [2.24, 2.45) is 0 Å². The Bertz CT molecular complexity index is 461. The number of nitro groups is 1. The zero-order chi connectivity index (χ0) is 13.3. The van der Waals surface area contributed by atoms with Crippen LogP contribution in [0.15, 0.2) is 12.3 Å². The third-order valence-corrected chi connectivity index (χ3v) is 2.95. The molecule has 0 spiro atoms. The third kappa shape index (κ3) is 2.51. The van der Waals surface area contributed by atoms with Crippen molar-refractivity contribution in [3.63, 3.8) is 0 Å². The largest absolute Gasteiger partial charge is 0.351 e. The Balaban J connectivity index is 2.12. The van der Waals surface area contributed by atoms with Crippen molar-refractivity contribution in [1.29, 1.82) is 0 Å². The number of rotatable bonds is 2. The normalized spacial score (nSPS) is 24.0. The molecule has 1 aromatic heterocycles. The van der Waals surface area contributed by atoms with Crippen LogP contribution in [0.25, 0.3) is 0 Å². The molecule has 2 rings (SSSR count). The Kier molecular flexibility index (Phi) is 3.33. The molecule has 0 bridgehead atoms. The maximum atomic E-state index is 12.2. The van der Waals surface area contributed by atoms with Gasteiger partial charge in [0.1, 0.15) is 5.69 Å². The van der Waals surface area contributed by atoms with Crippen LogP contribution in [0, 0.1) is 10.1 Å². The number of nitrogens with zero attached hydrogens (tertiary/aromatic N) is 2. The van der Waals surface area contributed by atoms with Crippen LogP contribution >= 0.6 is 0 Å². The lowest BCUT2D eigenvalue weighted by Crippen LogP contribution is -2.55. The maximum absolute atomic E-state index is 12.2. The van der Waals surface area contributed by atoms with Gasteiger partial charge in [-0.25, -0.2) is 0 Å². The van der Waals surface area contributed by atoms with Gasteiger partial charge < -0.3 is 15.2 Å². The van der Waals surface area contributed by atoms with Crippen LogP contribution in [-0.4, -0.2) is 45.9 Å². The predicted octanol–water partition coefficient (Wildman–Crippen LogP) is 0.745. The molecular weight excluding hydrogens is 236 g/mol. The van der Waals surface area contributed by atoms with Crippen molar-refractivity contribution in [1.82, 2.24) is 15.2 Å². The van der Waals surface area contributed by atoms with E-state index in [9.17, 15) is 14.9 Å². The van der Waals surface area contributed by atoms with Gasteiger partial charge in [0.2, 0.25) is 0 Å². The van der Waals surface area contributed by atoms with Crippen LogP contribution in [0.3, 0.4) is 0 Å². The van der Waals surface area contributed by atoms with E-state index in [4.69, 9.17) is 0 Å². The fourth-order valence-electron chi connectivity index (χ4n) is 2.27. The number of hydrogen-bond acceptors (Lipinski definition) is 4. The number of aromatic nitrogens is 1. The van der Waals surface area contributed by atoms with Gasteiger partial charge in [-0.15, -0.1) is 0 Å². The van der Waals surface area contributed by atoms with Crippen LogP contribution in [-0.2, 0) is 0 Å². The molecule has 1 saturated heterocycles. The van der Waals surface area contributed by atoms with Crippen molar-refractivity contribution in [3.8, 4) is 0 Å². The van der Waals surface area contributed by atoms with Gasteiger partial charge in [-0.2, -0.15) is 0 Å². The van der Waals surface area contributed by atoms with Crippen molar-refractivity contribution < 1.29 is 9.72 Å². The Morgan fingerprint density at radius 1 is 1.44 bits per heavy atom. The fourth-order valence-corrected chi connectivity index (χ4v) is 2.27. The first-order valence-corrected chi connectivity index (χ1v) is 5.85. The Morgan fingerprint density at radius 3 is 2.56 bits per heavy atom. The molecule has 2 heterocycles. The summed E-state index contributed by atoms with van der Waals surface area (Å²) < 4.78 is 0. The Hall–Kier alpha value is -1.89. The first-order chi connectivity index (χ1) is 8.47. The molecule has 7 nitrogen and oxygen atoms in total. The zero-order valence-electron chi connectivity index (χ0n) is 10.3. The van der Waals surface area contributed by atoms with Crippen molar-refractivity contribution in [2.45, 2.75) is 25.9 Å². The fraction of sp³-hybridized carbons (Fsp3) is 0.545. The lowest BCUT2D eigenvalue weighted by atomic mass is 10.1. The minimum atomic E-state index is -0.518. The topological polar surface area (TPSA) is 91.3 Å². The number of amides is 1. The molecule has 2 atom stereocenters. The van der Waals surface area contributed by atoms with Gasteiger partial charge in [-0.3, -0.25) is 14.9 Å². The molecule has 2 N–H and O–H groups in total. The lowest BCUT2D eigenvalue weighted by Gasteiger charge is -2.35. The highest BCUT2D eigenvalue weighted by atomic mass is 16.6. The van der Waals surface area contributed by atoms with Gasteiger partial charge in [0.15, 0.2) is 0 Å². The maximum Gasteiger partial charge on any atom is 0.287 e. The van der Waals surface area contributed by atoms with Crippen molar-refractivity contribution in [3.05, 3.63) is 28.1 Å². The van der Waals surface area contributed by atoms with Crippen molar-refractivity contribution >= 4 is 11.6 Å². The van der Waals surface area contributed by atoms with Gasteiger partial charge in [-0.05, 0) is 13.8 Å². The summed E-state index contributed by atoms with van der Waals surface area (Å²) in [6.07, 6.45) is 1.24. The van der Waals surface area contributed by atoms with E-state index >= 15 is 0 Å². The predicted molar refractivity (Wildman–Crippen MR) is 65.4 cm³/mol. The average Bonchev–Trinajstić information content (AvgIpc) is 2.75. The number of nitrogens with one attached hydrogen (secondary N) is 2. The summed E-state index contributed by atoms with van der Waals surface area (Å²) in [6.45, 7) is 5.23. The summed E-state index contributed by atoms with van der Waals surface area (Å²) in [7, 11) is 0. The van der Waals surface area contributed by atoms with Crippen LogP contribution in [0.4, 0.5) is 5.69 Å². The van der Waals surface area contributed by atoms with E-state index in [1.807, 2.05) is 13.8 Å². The quantitative estimate of drug-likeness (QED) is 0.600. The summed E-state index contributed by atoms with van der Waals surface area (Å²) in [4.78, 5) is 26.6. The third-order valence-electron chi connectivity index (χ3n) is 2.95. The molecule has 98 valence electrons. The van der Waals surface area contributed by atoms with Gasteiger partial charge in [-0.1, -0.05) is 0 Å². The van der Waals surface area contributed by atoms with E-state index in [1.165, 1.54) is 12.3 Å². The first-order valence-electron chi connectivity index (χ1n) is 5.85. The van der Waals surface area contributed by atoms with Gasteiger partial charge >= 0.3 is 0 Å². The van der Waals surface area contributed by atoms with Gasteiger partial charge in [0, 0.05) is 31.2 Å². The minimum absolute atomic E-state index is 0.0884. The monoisotopic (exact) mass is 252 g/mol. The van der Waals surface area contributed by atoms with Crippen LogP contribution < -0.4 is 5.32 Å². The SMILES string of the molecule is CC1CN(C(=O)c2cc([N+](=O)[O-])c[nH]2)CC(C)N1. The number of aromatic amines is 1. The molecule has 0 aliphatic carbocycles. The van der Waals surface area contributed by atoms with Crippen LogP contribution in [0.1, 0.15) is 24.3 Å². The van der Waals surface area contributed by atoms with Gasteiger partial charge in [0.05, 0.1) is 11.1 Å². The number of piperazine rings is 1. The smallest absolute Gasteiger partial charge is 0.287 e. The van der Waals surface area contributed by atoms with Crippen LogP contribution in [0.2, 0.25) is 0 Å². The Labute approximate surface area is 104 Å². The molecule has 18 heavy (non-hydrogen) atoms. The molecule has 0 saturated carbocycles. The molecule has 1 aliphatic rings. The number of carbonyl (C=O) groups is 1. The number of hydrogen-bond donors (Lipinski definition) is 2. The molecule has 2 unspecified atom stereocenters. The lowest BCUT2D eigenvalue weighted by molar-refractivity contribution is -0.384. The van der Waals surface area contributed by atoms with E-state index in [1.54, 1.807) is 4.90 Å². The van der Waals surface area contributed by atoms with Crippen LogP contribution in [0.5, 0.6) is 0 Å². The number of H-pyrrole nitrogens is 1. The summed E-state index contributed by atoms with van der Waals surface area (Å²) in [6, 6.07) is 1.73. The second kappa shape index (κ2) is 4.77.